The molecule has 0 radical (unpaired) electrons. The van der Waals surface area contributed by atoms with Crippen LogP contribution in [0.4, 0.5) is 0 Å². The molecular formula is C20H25NO3. The van der Waals surface area contributed by atoms with Crippen molar-refractivity contribution in [1.29, 1.82) is 0 Å². The molecule has 0 unspecified atom stereocenters. The molecule has 0 atom stereocenters. The molecule has 0 aliphatic heterocycles. The molecule has 0 spiro atoms. The van der Waals surface area contributed by atoms with Gasteiger partial charge in [0, 0.05) is 19.5 Å². The number of hydrogen-bond acceptors (Lipinski definition) is 3. The van der Waals surface area contributed by atoms with Crippen LogP contribution >= 0.6 is 0 Å². The van der Waals surface area contributed by atoms with Crippen molar-refractivity contribution in [3.05, 3.63) is 65.7 Å². The van der Waals surface area contributed by atoms with Gasteiger partial charge in [-0.15, -0.1) is 0 Å². The molecule has 4 heteroatoms. The number of aryl methyl sites for hydroxylation is 1. The van der Waals surface area contributed by atoms with Gasteiger partial charge in [0.15, 0.2) is 0 Å². The fourth-order valence-corrected chi connectivity index (χ4v) is 2.63. The molecule has 0 bridgehead atoms. The second-order valence-corrected chi connectivity index (χ2v) is 6.68. The number of rotatable bonds is 7. The SMILES string of the molecule is CC(C)(O)CN(Cc1ccccc1)C(=O)CCc1ccccc1O. The Balaban J connectivity index is 2.05. The summed E-state index contributed by atoms with van der Waals surface area (Å²) in [6.07, 6.45) is 0.767. The van der Waals surface area contributed by atoms with Crippen LogP contribution in [0.2, 0.25) is 0 Å². The van der Waals surface area contributed by atoms with Gasteiger partial charge in [0.05, 0.1) is 5.60 Å². The first kappa shape index (κ1) is 18.0. The third kappa shape index (κ3) is 5.70. The number of phenolic OH excluding ortho intramolecular Hbond substituents is 1. The second kappa shape index (κ2) is 7.97. The van der Waals surface area contributed by atoms with Crippen LogP contribution in [-0.2, 0) is 17.8 Å². The van der Waals surface area contributed by atoms with Gasteiger partial charge in [0.2, 0.25) is 5.91 Å². The molecule has 2 N–H and O–H groups in total. The number of amides is 1. The summed E-state index contributed by atoms with van der Waals surface area (Å²) >= 11 is 0. The van der Waals surface area contributed by atoms with Crippen molar-refractivity contribution in [3.63, 3.8) is 0 Å². The van der Waals surface area contributed by atoms with Crippen LogP contribution in [0.5, 0.6) is 5.75 Å². The molecule has 0 saturated carbocycles. The van der Waals surface area contributed by atoms with Gasteiger partial charge in [0.1, 0.15) is 5.75 Å². The Hall–Kier alpha value is -2.33. The van der Waals surface area contributed by atoms with Gasteiger partial charge < -0.3 is 15.1 Å². The summed E-state index contributed by atoms with van der Waals surface area (Å²) < 4.78 is 0. The smallest absolute Gasteiger partial charge is 0.223 e. The monoisotopic (exact) mass is 327 g/mol. The molecular weight excluding hydrogens is 302 g/mol. The van der Waals surface area contributed by atoms with E-state index in [1.807, 2.05) is 42.5 Å². The van der Waals surface area contributed by atoms with Crippen molar-refractivity contribution in [1.82, 2.24) is 4.90 Å². The van der Waals surface area contributed by atoms with Crippen LogP contribution < -0.4 is 0 Å². The molecule has 128 valence electrons. The van der Waals surface area contributed by atoms with Gasteiger partial charge in [-0.2, -0.15) is 0 Å². The number of aliphatic hydroxyl groups is 1. The van der Waals surface area contributed by atoms with Gasteiger partial charge in [-0.25, -0.2) is 0 Å². The van der Waals surface area contributed by atoms with E-state index in [9.17, 15) is 15.0 Å². The maximum atomic E-state index is 12.6. The molecule has 4 nitrogen and oxygen atoms in total. The third-order valence-corrected chi connectivity index (χ3v) is 3.75. The molecule has 2 aromatic rings. The van der Waals surface area contributed by atoms with Crippen molar-refractivity contribution in [2.75, 3.05) is 6.54 Å². The predicted octanol–water partition coefficient (Wildman–Crippen LogP) is 3.12. The van der Waals surface area contributed by atoms with Gasteiger partial charge >= 0.3 is 0 Å². The Labute approximate surface area is 143 Å². The van der Waals surface area contributed by atoms with Crippen LogP contribution in [0.3, 0.4) is 0 Å². The van der Waals surface area contributed by atoms with Gasteiger partial charge in [-0.1, -0.05) is 48.5 Å². The number of nitrogens with zero attached hydrogens (tertiary/aromatic N) is 1. The van der Waals surface area contributed by atoms with Crippen molar-refractivity contribution >= 4 is 5.91 Å². The molecule has 0 aliphatic carbocycles. The molecule has 1 amide bonds. The zero-order chi connectivity index (χ0) is 17.6. The number of para-hydroxylation sites is 1. The molecule has 2 aromatic carbocycles. The standard InChI is InChI=1S/C20H25NO3/c1-20(2,24)15-21(14-16-8-4-3-5-9-16)19(23)13-12-17-10-6-7-11-18(17)22/h3-11,22,24H,12-15H2,1-2H3. The van der Waals surface area contributed by atoms with E-state index >= 15 is 0 Å². The van der Waals surface area contributed by atoms with Crippen LogP contribution in [0, 0.1) is 0 Å². The van der Waals surface area contributed by atoms with Crippen molar-refractivity contribution < 1.29 is 15.0 Å². The number of hydrogen-bond donors (Lipinski definition) is 2. The molecule has 0 aliphatic rings. The van der Waals surface area contributed by atoms with Crippen LogP contribution in [0.25, 0.3) is 0 Å². The number of phenols is 1. The highest BCUT2D eigenvalue weighted by Gasteiger charge is 2.22. The summed E-state index contributed by atoms with van der Waals surface area (Å²) in [4.78, 5) is 14.3. The maximum absolute atomic E-state index is 12.6. The highest BCUT2D eigenvalue weighted by molar-refractivity contribution is 5.76. The zero-order valence-corrected chi connectivity index (χ0v) is 14.3. The van der Waals surface area contributed by atoms with E-state index in [4.69, 9.17) is 0 Å². The van der Waals surface area contributed by atoms with Gasteiger partial charge in [-0.3, -0.25) is 4.79 Å². The van der Waals surface area contributed by atoms with E-state index in [0.717, 1.165) is 11.1 Å². The lowest BCUT2D eigenvalue weighted by Gasteiger charge is -2.29. The zero-order valence-electron chi connectivity index (χ0n) is 14.3. The highest BCUT2D eigenvalue weighted by Crippen LogP contribution is 2.19. The van der Waals surface area contributed by atoms with E-state index in [2.05, 4.69) is 0 Å². The molecule has 24 heavy (non-hydrogen) atoms. The van der Waals surface area contributed by atoms with Gasteiger partial charge in [-0.05, 0) is 37.5 Å². The summed E-state index contributed by atoms with van der Waals surface area (Å²) in [5.41, 5.74) is 0.825. The predicted molar refractivity (Wildman–Crippen MR) is 94.6 cm³/mol. The topological polar surface area (TPSA) is 60.8 Å². The molecule has 0 fully saturated rings. The number of benzene rings is 2. The third-order valence-electron chi connectivity index (χ3n) is 3.75. The van der Waals surface area contributed by atoms with Crippen molar-refractivity contribution in [2.24, 2.45) is 0 Å². The first-order valence-corrected chi connectivity index (χ1v) is 8.16. The summed E-state index contributed by atoms with van der Waals surface area (Å²) in [5.74, 6) is 0.173. The molecule has 0 heterocycles. The highest BCUT2D eigenvalue weighted by atomic mass is 16.3. The van der Waals surface area contributed by atoms with Crippen LogP contribution in [0.15, 0.2) is 54.6 Å². The second-order valence-electron chi connectivity index (χ2n) is 6.68. The minimum Gasteiger partial charge on any atom is -0.508 e. The Morgan fingerprint density at radius 2 is 1.67 bits per heavy atom. The van der Waals surface area contributed by atoms with Crippen molar-refractivity contribution in [3.8, 4) is 5.75 Å². The van der Waals surface area contributed by atoms with E-state index < -0.39 is 5.60 Å². The molecule has 0 aromatic heterocycles. The minimum absolute atomic E-state index is 0.0377. The molecule has 0 saturated heterocycles. The van der Waals surface area contributed by atoms with E-state index in [-0.39, 0.29) is 18.2 Å². The fraction of sp³-hybridized carbons (Fsp3) is 0.350. The summed E-state index contributed by atoms with van der Waals surface area (Å²) in [7, 11) is 0. The van der Waals surface area contributed by atoms with Crippen LogP contribution in [0.1, 0.15) is 31.4 Å². The minimum atomic E-state index is -0.959. The summed E-state index contributed by atoms with van der Waals surface area (Å²) in [6, 6.07) is 16.8. The van der Waals surface area contributed by atoms with E-state index in [1.54, 1.807) is 30.9 Å². The Morgan fingerprint density at radius 3 is 2.29 bits per heavy atom. The van der Waals surface area contributed by atoms with Gasteiger partial charge in [0.25, 0.3) is 0 Å². The first-order chi connectivity index (χ1) is 11.3. The molecule has 2 rings (SSSR count). The lowest BCUT2D eigenvalue weighted by molar-refractivity contribution is -0.134. The lowest BCUT2D eigenvalue weighted by atomic mass is 10.1. The maximum Gasteiger partial charge on any atom is 0.223 e. The number of aromatic hydroxyl groups is 1. The summed E-state index contributed by atoms with van der Waals surface area (Å²) in [5, 5.41) is 19.9. The normalized spacial score (nSPS) is 11.3. The lowest BCUT2D eigenvalue weighted by Crippen LogP contribution is -2.41. The Kier molecular flexibility index (Phi) is 5.99. The van der Waals surface area contributed by atoms with E-state index in [0.29, 0.717) is 19.4 Å². The number of carbonyl (C=O) groups is 1. The fourth-order valence-electron chi connectivity index (χ4n) is 2.63. The largest absolute Gasteiger partial charge is 0.508 e. The van der Waals surface area contributed by atoms with Crippen molar-refractivity contribution in [2.45, 2.75) is 38.8 Å². The van der Waals surface area contributed by atoms with E-state index in [1.165, 1.54) is 0 Å². The average molecular weight is 327 g/mol. The summed E-state index contributed by atoms with van der Waals surface area (Å²) in [6.45, 7) is 4.12. The Morgan fingerprint density at radius 1 is 1.04 bits per heavy atom. The quantitative estimate of drug-likeness (QED) is 0.821. The first-order valence-electron chi connectivity index (χ1n) is 8.16. The Bertz CT molecular complexity index is 662. The average Bonchev–Trinajstić information content (AvgIpc) is 2.53. The number of carbonyl (C=O) groups excluding carboxylic acids is 1. The van der Waals surface area contributed by atoms with Crippen LogP contribution in [-0.4, -0.2) is 33.2 Å².